The Morgan fingerprint density at radius 2 is 1.91 bits per heavy atom. The van der Waals surface area contributed by atoms with E-state index in [1.165, 1.54) is 39.3 Å². The van der Waals surface area contributed by atoms with Gasteiger partial charge in [-0.25, -0.2) is 4.79 Å². The molecule has 0 heterocycles. The molecule has 1 aromatic carbocycles. The average Bonchev–Trinajstić information content (AvgIpc) is 2.46. The van der Waals surface area contributed by atoms with Gasteiger partial charge in [-0.3, -0.25) is 10.1 Å². The molecule has 1 unspecified atom stereocenters. The lowest BCUT2D eigenvalue weighted by Crippen LogP contribution is -2.44. The molecule has 1 atom stereocenters. The van der Waals surface area contributed by atoms with Gasteiger partial charge >= 0.3 is 12.6 Å². The average molecular weight is 317 g/mol. The van der Waals surface area contributed by atoms with Gasteiger partial charge in [-0.05, 0) is 19.1 Å². The number of ether oxygens (including phenoxy) is 2. The van der Waals surface area contributed by atoms with Gasteiger partial charge in [-0.15, -0.1) is 0 Å². The Morgan fingerprint density at radius 1 is 1.23 bits per heavy atom. The second-order valence-corrected chi connectivity index (χ2v) is 4.18. The molecule has 0 saturated heterocycles. The monoisotopic (exact) mass is 317 g/mol. The molecule has 0 bridgehead atoms. The SMILES string of the molecule is CNC(=O)NC(=O)C(C)Nc1ccc(OC)c(OC(F)F)c1. The minimum Gasteiger partial charge on any atom is -0.493 e. The lowest BCUT2D eigenvalue weighted by molar-refractivity contribution is -0.120. The highest BCUT2D eigenvalue weighted by Crippen LogP contribution is 2.31. The number of imide groups is 1. The Kier molecular flexibility index (Phi) is 6.36. The lowest BCUT2D eigenvalue weighted by atomic mass is 10.2. The number of alkyl halides is 2. The third-order valence-corrected chi connectivity index (χ3v) is 2.62. The molecule has 3 amide bonds. The van der Waals surface area contributed by atoms with Crippen LogP contribution in [0, 0.1) is 0 Å². The highest BCUT2D eigenvalue weighted by Gasteiger charge is 2.17. The maximum Gasteiger partial charge on any atom is 0.387 e. The molecule has 0 aliphatic heterocycles. The van der Waals surface area contributed by atoms with Crippen molar-refractivity contribution in [2.75, 3.05) is 19.5 Å². The molecule has 22 heavy (non-hydrogen) atoms. The molecular formula is C13H17F2N3O4. The minimum absolute atomic E-state index is 0.133. The quantitative estimate of drug-likeness (QED) is 0.741. The number of carbonyl (C=O) groups excluding carboxylic acids is 2. The maximum absolute atomic E-state index is 12.3. The smallest absolute Gasteiger partial charge is 0.387 e. The molecule has 3 N–H and O–H groups in total. The summed E-state index contributed by atoms with van der Waals surface area (Å²) < 4.78 is 33.9. The van der Waals surface area contributed by atoms with E-state index in [2.05, 4.69) is 20.7 Å². The maximum atomic E-state index is 12.3. The van der Waals surface area contributed by atoms with Gasteiger partial charge in [0.15, 0.2) is 11.5 Å². The number of hydrogen-bond donors (Lipinski definition) is 3. The fraction of sp³-hybridized carbons (Fsp3) is 0.385. The topological polar surface area (TPSA) is 88.7 Å². The first-order valence-electron chi connectivity index (χ1n) is 6.29. The zero-order chi connectivity index (χ0) is 16.7. The van der Waals surface area contributed by atoms with E-state index in [9.17, 15) is 18.4 Å². The van der Waals surface area contributed by atoms with Gasteiger partial charge in [0, 0.05) is 18.8 Å². The molecule has 122 valence electrons. The minimum atomic E-state index is -3.00. The standard InChI is InChI=1S/C13H17F2N3O4/c1-7(11(19)18-13(20)16-2)17-8-4-5-9(21-3)10(6-8)22-12(14)15/h4-7,12,17H,1-3H3,(H2,16,18,19,20). The first kappa shape index (κ1) is 17.5. The van der Waals surface area contributed by atoms with Gasteiger partial charge in [0.2, 0.25) is 5.91 Å². The van der Waals surface area contributed by atoms with Crippen LogP contribution in [0.25, 0.3) is 0 Å². The molecule has 0 aliphatic carbocycles. The Bertz CT molecular complexity index is 540. The Hall–Kier alpha value is -2.58. The van der Waals surface area contributed by atoms with E-state index in [-0.39, 0.29) is 11.5 Å². The summed E-state index contributed by atoms with van der Waals surface area (Å²) in [6.07, 6.45) is 0. The van der Waals surface area contributed by atoms with Gasteiger partial charge < -0.3 is 20.1 Å². The van der Waals surface area contributed by atoms with Crippen molar-refractivity contribution in [3.05, 3.63) is 18.2 Å². The van der Waals surface area contributed by atoms with Crippen molar-refractivity contribution in [1.29, 1.82) is 0 Å². The van der Waals surface area contributed by atoms with Crippen LogP contribution < -0.4 is 25.4 Å². The summed E-state index contributed by atoms with van der Waals surface area (Å²) in [5.74, 6) is -0.610. The van der Waals surface area contributed by atoms with Crippen LogP contribution >= 0.6 is 0 Å². The molecule has 0 spiro atoms. The van der Waals surface area contributed by atoms with Crippen molar-refractivity contribution in [1.82, 2.24) is 10.6 Å². The zero-order valence-electron chi connectivity index (χ0n) is 12.3. The molecule has 0 saturated carbocycles. The first-order chi connectivity index (χ1) is 10.4. The number of anilines is 1. The molecule has 1 aromatic rings. The van der Waals surface area contributed by atoms with E-state index in [1.54, 1.807) is 0 Å². The van der Waals surface area contributed by atoms with Gasteiger partial charge in [0.05, 0.1) is 7.11 Å². The van der Waals surface area contributed by atoms with Crippen molar-refractivity contribution in [3.63, 3.8) is 0 Å². The largest absolute Gasteiger partial charge is 0.493 e. The summed E-state index contributed by atoms with van der Waals surface area (Å²) in [5, 5.41) is 7.10. The van der Waals surface area contributed by atoms with Crippen LogP contribution in [0.15, 0.2) is 18.2 Å². The molecule has 1 rings (SSSR count). The van der Waals surface area contributed by atoms with Crippen LogP contribution in [0.4, 0.5) is 19.3 Å². The van der Waals surface area contributed by atoms with Crippen molar-refractivity contribution >= 4 is 17.6 Å². The van der Waals surface area contributed by atoms with E-state index < -0.39 is 24.6 Å². The lowest BCUT2D eigenvalue weighted by Gasteiger charge is -2.16. The van der Waals surface area contributed by atoms with Crippen LogP contribution in [-0.4, -0.2) is 38.7 Å². The summed E-state index contributed by atoms with van der Waals surface area (Å²) in [5.41, 5.74) is 0.357. The van der Waals surface area contributed by atoms with Crippen LogP contribution in [0.1, 0.15) is 6.92 Å². The van der Waals surface area contributed by atoms with E-state index in [0.29, 0.717) is 5.69 Å². The van der Waals surface area contributed by atoms with E-state index in [1.807, 2.05) is 0 Å². The first-order valence-corrected chi connectivity index (χ1v) is 6.29. The summed E-state index contributed by atoms with van der Waals surface area (Å²) >= 11 is 0. The Morgan fingerprint density at radius 3 is 2.45 bits per heavy atom. The van der Waals surface area contributed by atoms with Crippen molar-refractivity contribution in [3.8, 4) is 11.5 Å². The van der Waals surface area contributed by atoms with Crippen molar-refractivity contribution in [2.45, 2.75) is 19.6 Å². The number of urea groups is 1. The predicted molar refractivity (Wildman–Crippen MR) is 75.3 cm³/mol. The highest BCUT2D eigenvalue weighted by molar-refractivity contribution is 5.97. The zero-order valence-corrected chi connectivity index (χ0v) is 12.3. The number of halogens is 2. The number of rotatable bonds is 6. The summed E-state index contributed by atoms with van der Waals surface area (Å²) in [6.45, 7) is -1.49. The Labute approximate surface area is 126 Å². The van der Waals surface area contributed by atoms with E-state index in [0.717, 1.165) is 0 Å². The summed E-state index contributed by atoms with van der Waals surface area (Å²) in [6, 6.07) is 2.80. The summed E-state index contributed by atoms with van der Waals surface area (Å²) in [4.78, 5) is 22.7. The fourth-order valence-corrected chi connectivity index (χ4v) is 1.55. The molecule has 0 radical (unpaired) electrons. The van der Waals surface area contributed by atoms with Gasteiger partial charge in [-0.1, -0.05) is 0 Å². The second-order valence-electron chi connectivity index (χ2n) is 4.18. The molecule has 9 heteroatoms. The van der Waals surface area contributed by atoms with Crippen LogP contribution in [0.2, 0.25) is 0 Å². The van der Waals surface area contributed by atoms with Crippen LogP contribution in [0.5, 0.6) is 11.5 Å². The van der Waals surface area contributed by atoms with Crippen molar-refractivity contribution in [2.24, 2.45) is 0 Å². The second kappa shape index (κ2) is 8.01. The third-order valence-electron chi connectivity index (χ3n) is 2.62. The normalized spacial score (nSPS) is 11.5. The van der Waals surface area contributed by atoms with Gasteiger partial charge in [0.25, 0.3) is 0 Å². The van der Waals surface area contributed by atoms with E-state index >= 15 is 0 Å². The Balaban J connectivity index is 2.80. The van der Waals surface area contributed by atoms with E-state index in [4.69, 9.17) is 4.74 Å². The molecule has 0 aromatic heterocycles. The fourth-order valence-electron chi connectivity index (χ4n) is 1.55. The molecule has 0 aliphatic rings. The summed E-state index contributed by atoms with van der Waals surface area (Å²) in [7, 11) is 2.69. The number of methoxy groups -OCH3 is 1. The number of nitrogens with one attached hydrogen (secondary N) is 3. The number of amides is 3. The molecule has 0 fully saturated rings. The third kappa shape index (κ3) is 5.08. The van der Waals surface area contributed by atoms with Gasteiger partial charge in [0.1, 0.15) is 6.04 Å². The number of benzene rings is 1. The molecular weight excluding hydrogens is 300 g/mol. The predicted octanol–water partition coefficient (Wildman–Crippen LogP) is 1.55. The van der Waals surface area contributed by atoms with Crippen LogP contribution in [-0.2, 0) is 4.79 Å². The van der Waals surface area contributed by atoms with Crippen molar-refractivity contribution < 1.29 is 27.8 Å². The molecule has 7 nitrogen and oxygen atoms in total. The van der Waals surface area contributed by atoms with Gasteiger partial charge in [-0.2, -0.15) is 8.78 Å². The number of hydrogen-bond acceptors (Lipinski definition) is 5. The van der Waals surface area contributed by atoms with Crippen LogP contribution in [0.3, 0.4) is 0 Å². The number of carbonyl (C=O) groups is 2. The highest BCUT2D eigenvalue weighted by atomic mass is 19.3.